The van der Waals surface area contributed by atoms with Crippen molar-refractivity contribution < 1.29 is 17.2 Å². The van der Waals surface area contributed by atoms with Crippen molar-refractivity contribution >= 4 is 23.0 Å². The van der Waals surface area contributed by atoms with Crippen molar-refractivity contribution in [1.82, 2.24) is 0 Å². The minimum atomic E-state index is -4.46. The van der Waals surface area contributed by atoms with E-state index in [2.05, 4.69) is 16.8 Å². The fraction of sp³-hybridized carbons (Fsp3) is 1.00. The number of nitrogens with two attached hydrogens (primary N) is 1. The number of thiol groups is 1. The second-order valence-electron chi connectivity index (χ2n) is 2.65. The van der Waals surface area contributed by atoms with Gasteiger partial charge < -0.3 is 5.73 Å². The normalized spacial score (nSPS) is 17.3. The van der Waals surface area contributed by atoms with Crippen LogP contribution in [0, 0.1) is 0 Å². The van der Waals surface area contributed by atoms with Crippen LogP contribution >= 0.6 is 12.6 Å². The molecule has 7 heteroatoms. The van der Waals surface area contributed by atoms with Gasteiger partial charge in [-0.25, -0.2) is 4.18 Å². The Bertz CT molecular complexity index is 224. The van der Waals surface area contributed by atoms with Crippen molar-refractivity contribution in [2.75, 3.05) is 5.75 Å². The molecule has 0 bridgehead atoms. The third-order valence-corrected chi connectivity index (χ3v) is 2.03. The highest BCUT2D eigenvalue weighted by molar-refractivity contribution is 7.81. The van der Waals surface area contributed by atoms with Gasteiger partial charge in [0.05, 0.1) is 0 Å². The summed E-state index contributed by atoms with van der Waals surface area (Å²) < 4.78 is 33.0. The highest BCUT2D eigenvalue weighted by Gasteiger charge is 2.24. The lowest BCUT2D eigenvalue weighted by Crippen LogP contribution is -2.41. The summed E-state index contributed by atoms with van der Waals surface area (Å²) in [5, 5.41) is 0. The zero-order valence-electron chi connectivity index (χ0n) is 6.73. The van der Waals surface area contributed by atoms with E-state index in [-0.39, 0.29) is 0 Å². The van der Waals surface area contributed by atoms with E-state index in [4.69, 9.17) is 10.3 Å². The zero-order chi connectivity index (χ0) is 9.83. The van der Waals surface area contributed by atoms with E-state index in [1.807, 2.05) is 0 Å². The molecule has 0 amide bonds. The van der Waals surface area contributed by atoms with Gasteiger partial charge in [0.15, 0.2) is 0 Å². The quantitative estimate of drug-likeness (QED) is 0.346. The maximum Gasteiger partial charge on any atom is 0.399 e. The molecule has 0 aromatic heterocycles. The van der Waals surface area contributed by atoms with Gasteiger partial charge in [-0.05, 0) is 25.5 Å². The van der Waals surface area contributed by atoms with E-state index in [0.29, 0.717) is 18.6 Å². The van der Waals surface area contributed by atoms with Gasteiger partial charge in [0.25, 0.3) is 0 Å². The van der Waals surface area contributed by atoms with Crippen molar-refractivity contribution in [3.8, 4) is 0 Å². The topological polar surface area (TPSA) is 89.6 Å². The van der Waals surface area contributed by atoms with Gasteiger partial charge >= 0.3 is 10.4 Å². The van der Waals surface area contributed by atoms with Gasteiger partial charge in [-0.2, -0.15) is 21.0 Å². The number of rotatable bonds is 5. The highest BCUT2D eigenvalue weighted by Crippen LogP contribution is 2.13. The van der Waals surface area contributed by atoms with E-state index < -0.39 is 16.1 Å². The molecule has 0 saturated carbocycles. The molecule has 0 aromatic carbocycles. The van der Waals surface area contributed by atoms with Crippen LogP contribution in [0.1, 0.15) is 19.8 Å². The van der Waals surface area contributed by atoms with Gasteiger partial charge in [-0.15, -0.1) is 0 Å². The lowest BCUT2D eigenvalue weighted by atomic mass is 10.1. The van der Waals surface area contributed by atoms with Gasteiger partial charge in [-0.1, -0.05) is 0 Å². The largest absolute Gasteiger partial charge is 0.399 e. The van der Waals surface area contributed by atoms with Crippen molar-refractivity contribution in [3.05, 3.63) is 0 Å². The summed E-state index contributed by atoms with van der Waals surface area (Å²) in [5.74, 6) is 0.585. The molecule has 0 fully saturated rings. The predicted molar refractivity (Wildman–Crippen MR) is 48.3 cm³/mol. The third kappa shape index (κ3) is 6.86. The summed E-state index contributed by atoms with van der Waals surface area (Å²) in [7, 11) is -4.46. The van der Waals surface area contributed by atoms with Crippen LogP contribution in [0.3, 0.4) is 0 Å². The fourth-order valence-corrected chi connectivity index (χ4v) is 1.43. The first-order valence-corrected chi connectivity index (χ1v) is 5.34. The Morgan fingerprint density at radius 1 is 1.67 bits per heavy atom. The van der Waals surface area contributed by atoms with E-state index in [1.165, 1.54) is 6.92 Å². The predicted octanol–water partition coefficient (Wildman–Crippen LogP) is 0.191. The molecule has 5 nitrogen and oxygen atoms in total. The molecule has 0 aliphatic rings. The average Bonchev–Trinajstić information content (AvgIpc) is 1.78. The molecule has 0 rings (SSSR count). The molecule has 0 aromatic rings. The molecule has 0 radical (unpaired) electrons. The Hall–Kier alpha value is 0.180. The van der Waals surface area contributed by atoms with Crippen molar-refractivity contribution in [2.24, 2.45) is 5.73 Å². The Labute approximate surface area is 77.6 Å². The van der Waals surface area contributed by atoms with Crippen molar-refractivity contribution in [1.29, 1.82) is 0 Å². The van der Waals surface area contributed by atoms with Gasteiger partial charge in [-0.3, -0.25) is 4.55 Å². The SMILES string of the molecule is CC(N)(CCCS)OS(=O)(=O)O. The van der Waals surface area contributed by atoms with E-state index >= 15 is 0 Å². The summed E-state index contributed by atoms with van der Waals surface area (Å²) in [5.41, 5.74) is 4.04. The second-order valence-corrected chi connectivity index (χ2v) is 4.12. The molecule has 1 atom stereocenters. The van der Waals surface area contributed by atoms with Crippen molar-refractivity contribution in [2.45, 2.75) is 25.5 Å². The molecule has 12 heavy (non-hydrogen) atoms. The molecule has 0 spiro atoms. The summed E-state index contributed by atoms with van der Waals surface area (Å²) in [6, 6.07) is 0. The molecule has 3 N–H and O–H groups in total. The Balaban J connectivity index is 4.04. The van der Waals surface area contributed by atoms with E-state index in [0.717, 1.165) is 0 Å². The molecular weight excluding hydrogens is 202 g/mol. The minimum Gasteiger partial charge on any atom is -0.303 e. The van der Waals surface area contributed by atoms with Gasteiger partial charge in [0, 0.05) is 0 Å². The van der Waals surface area contributed by atoms with Crippen LogP contribution in [0.25, 0.3) is 0 Å². The van der Waals surface area contributed by atoms with Gasteiger partial charge in [0.1, 0.15) is 5.72 Å². The van der Waals surface area contributed by atoms with Crippen LogP contribution in [0.4, 0.5) is 0 Å². The van der Waals surface area contributed by atoms with Crippen LogP contribution in [-0.2, 0) is 14.6 Å². The first kappa shape index (κ1) is 12.2. The number of hydrogen-bond acceptors (Lipinski definition) is 5. The maximum atomic E-state index is 10.2. The maximum absolute atomic E-state index is 10.2. The first-order valence-electron chi connectivity index (χ1n) is 3.35. The standard InChI is InChI=1S/C5H13NO4S2/c1-5(6,3-2-4-11)10-12(7,8)9/h11H,2-4,6H2,1H3,(H,7,8,9). The molecule has 0 saturated heterocycles. The summed E-state index contributed by atoms with van der Waals surface area (Å²) in [6.07, 6.45) is 0.932. The van der Waals surface area contributed by atoms with E-state index in [1.54, 1.807) is 0 Å². The Kier molecular flexibility index (Phi) is 4.49. The second kappa shape index (κ2) is 4.43. The number of hydrogen-bond donors (Lipinski definition) is 3. The Morgan fingerprint density at radius 3 is 2.50 bits per heavy atom. The lowest BCUT2D eigenvalue weighted by Gasteiger charge is -2.21. The molecule has 74 valence electrons. The lowest BCUT2D eigenvalue weighted by molar-refractivity contribution is 0.0781. The van der Waals surface area contributed by atoms with Crippen LogP contribution in [0.15, 0.2) is 0 Å². The van der Waals surface area contributed by atoms with Crippen molar-refractivity contribution in [3.63, 3.8) is 0 Å². The highest BCUT2D eigenvalue weighted by atomic mass is 32.3. The first-order chi connectivity index (χ1) is 5.27. The molecule has 1 unspecified atom stereocenters. The zero-order valence-corrected chi connectivity index (χ0v) is 8.44. The molecular formula is C5H13NO4S2. The molecule has 0 aliphatic carbocycles. The van der Waals surface area contributed by atoms with Crippen LogP contribution in [0.2, 0.25) is 0 Å². The summed E-state index contributed by atoms with van der Waals surface area (Å²) in [6.45, 7) is 1.38. The van der Waals surface area contributed by atoms with E-state index in [9.17, 15) is 8.42 Å². The third-order valence-electron chi connectivity index (χ3n) is 1.13. The van der Waals surface area contributed by atoms with Crippen LogP contribution in [-0.4, -0.2) is 24.4 Å². The fourth-order valence-electron chi connectivity index (χ4n) is 0.712. The Morgan fingerprint density at radius 2 is 2.17 bits per heavy atom. The molecule has 0 aliphatic heterocycles. The smallest absolute Gasteiger partial charge is 0.303 e. The summed E-state index contributed by atoms with van der Waals surface area (Å²) in [4.78, 5) is 0. The van der Waals surface area contributed by atoms with Crippen LogP contribution in [0.5, 0.6) is 0 Å². The van der Waals surface area contributed by atoms with Crippen LogP contribution < -0.4 is 5.73 Å². The minimum absolute atomic E-state index is 0.316. The summed E-state index contributed by atoms with van der Waals surface area (Å²) >= 11 is 3.92. The monoisotopic (exact) mass is 215 g/mol. The average molecular weight is 215 g/mol. The molecule has 0 heterocycles. The van der Waals surface area contributed by atoms with Gasteiger partial charge in [0.2, 0.25) is 0 Å².